The number of aromatic nitrogens is 2. The number of esters is 2. The Bertz CT molecular complexity index is 1750. The molecule has 4 atom stereocenters. The molecule has 0 aliphatic carbocycles. The molecule has 1 amide bonds. The van der Waals surface area contributed by atoms with Gasteiger partial charge in [0.2, 0.25) is 5.72 Å². The van der Waals surface area contributed by atoms with Gasteiger partial charge >= 0.3 is 17.6 Å². The molecule has 14 nitrogen and oxygen atoms in total. The van der Waals surface area contributed by atoms with E-state index in [-0.39, 0.29) is 16.1 Å². The standard InChI is InChI=1S/C28H24ClFN6O8/c29-18-10-6-9-17(13-18)25(39)42-15-28(33-34-31)21(43-26(40)16-7-2-1-3-8-16)20(30)24(44-28)36-14-19(22(37)32-27(36)41)23(38)35-11-4-5-12-35/h1-3,6-10,13-14,20-21,24H,4-5,11-12,15H2,(H,32,37,41)/t20-,21-,24+,28+/m0/s1. The fourth-order valence-corrected chi connectivity index (χ4v) is 5.14. The number of carbonyl (C=O) groups is 3. The van der Waals surface area contributed by atoms with E-state index in [2.05, 4.69) is 10.0 Å². The number of nitrogens with one attached hydrogen (secondary N) is 1. The van der Waals surface area contributed by atoms with E-state index in [1.807, 2.05) is 4.98 Å². The Labute approximate surface area is 252 Å². The molecule has 16 heteroatoms. The van der Waals surface area contributed by atoms with E-state index in [9.17, 15) is 29.5 Å². The Morgan fingerprint density at radius 1 is 1.09 bits per heavy atom. The minimum absolute atomic E-state index is 0.000293. The molecule has 0 bridgehead atoms. The van der Waals surface area contributed by atoms with Crippen LogP contribution in [0.25, 0.3) is 10.4 Å². The van der Waals surface area contributed by atoms with E-state index in [1.165, 1.54) is 53.4 Å². The van der Waals surface area contributed by atoms with E-state index < -0.39 is 65.5 Å². The minimum atomic E-state index is -2.54. The number of hydrogen-bond acceptors (Lipinski definition) is 9. The number of nitrogens with zero attached hydrogens (tertiary/aromatic N) is 5. The molecule has 0 radical (unpaired) electrons. The summed E-state index contributed by atoms with van der Waals surface area (Å²) in [6.07, 6.45) is -4.24. The molecule has 2 fully saturated rings. The number of rotatable bonds is 8. The second-order valence-electron chi connectivity index (χ2n) is 9.97. The summed E-state index contributed by atoms with van der Waals surface area (Å²) >= 11 is 5.95. The highest BCUT2D eigenvalue weighted by molar-refractivity contribution is 6.30. The van der Waals surface area contributed by atoms with Crippen LogP contribution < -0.4 is 11.2 Å². The smallest absolute Gasteiger partial charge is 0.338 e. The molecule has 0 unspecified atom stereocenters. The zero-order chi connectivity index (χ0) is 31.4. The van der Waals surface area contributed by atoms with Gasteiger partial charge in [-0.25, -0.2) is 18.8 Å². The van der Waals surface area contributed by atoms with Crippen molar-refractivity contribution in [2.45, 2.75) is 37.1 Å². The molecule has 1 N–H and O–H groups in total. The summed E-state index contributed by atoms with van der Waals surface area (Å²) in [7, 11) is 0. The number of azide groups is 1. The van der Waals surface area contributed by atoms with Crippen molar-refractivity contribution in [2.24, 2.45) is 5.11 Å². The lowest BCUT2D eigenvalue weighted by Crippen LogP contribution is -2.47. The topological polar surface area (TPSA) is 186 Å². The van der Waals surface area contributed by atoms with Gasteiger partial charge in [0.15, 0.2) is 18.5 Å². The number of alkyl halides is 1. The van der Waals surface area contributed by atoms with E-state index in [4.69, 9.17) is 25.8 Å². The molecule has 2 aliphatic heterocycles. The highest BCUT2D eigenvalue weighted by Crippen LogP contribution is 2.42. The van der Waals surface area contributed by atoms with Gasteiger partial charge in [-0.3, -0.25) is 19.1 Å². The summed E-state index contributed by atoms with van der Waals surface area (Å²) in [6.45, 7) is -0.194. The highest BCUT2D eigenvalue weighted by Gasteiger charge is 2.60. The average molecular weight is 627 g/mol. The molecule has 44 heavy (non-hydrogen) atoms. The normalized spacial score (nSPS) is 22.7. The molecule has 3 aromatic rings. The third-order valence-corrected chi connectivity index (χ3v) is 7.36. The number of hydrogen-bond donors (Lipinski definition) is 1. The number of amides is 1. The van der Waals surface area contributed by atoms with E-state index >= 15 is 4.39 Å². The van der Waals surface area contributed by atoms with Gasteiger partial charge in [-0.1, -0.05) is 41.0 Å². The molecule has 0 saturated carbocycles. The Hall–Kier alpha value is -4.98. The first-order chi connectivity index (χ1) is 21.1. The van der Waals surface area contributed by atoms with Gasteiger partial charge in [0, 0.05) is 29.2 Å². The van der Waals surface area contributed by atoms with Crippen LogP contribution in [-0.4, -0.2) is 70.0 Å². The number of H-pyrrole nitrogens is 1. The monoisotopic (exact) mass is 626 g/mol. The first kappa shape index (κ1) is 30.5. The van der Waals surface area contributed by atoms with Crippen LogP contribution in [0.5, 0.6) is 0 Å². The third-order valence-electron chi connectivity index (χ3n) is 7.12. The number of benzene rings is 2. The van der Waals surface area contributed by atoms with Crippen molar-refractivity contribution in [3.8, 4) is 0 Å². The lowest BCUT2D eigenvalue weighted by atomic mass is 10.1. The fourth-order valence-electron chi connectivity index (χ4n) is 4.95. The Morgan fingerprint density at radius 3 is 2.48 bits per heavy atom. The predicted molar refractivity (Wildman–Crippen MR) is 151 cm³/mol. The molecule has 228 valence electrons. The van der Waals surface area contributed by atoms with Crippen LogP contribution in [0.3, 0.4) is 0 Å². The Morgan fingerprint density at radius 2 is 1.80 bits per heavy atom. The van der Waals surface area contributed by atoms with Crippen molar-refractivity contribution in [3.63, 3.8) is 0 Å². The summed E-state index contributed by atoms with van der Waals surface area (Å²) in [5, 5.41) is 3.75. The lowest BCUT2D eigenvalue weighted by molar-refractivity contribution is -0.129. The van der Waals surface area contributed by atoms with Gasteiger partial charge < -0.3 is 19.1 Å². The van der Waals surface area contributed by atoms with Crippen molar-refractivity contribution in [2.75, 3.05) is 19.7 Å². The molecule has 2 aliphatic rings. The van der Waals surface area contributed by atoms with Crippen molar-refractivity contribution in [1.82, 2.24) is 14.5 Å². The average Bonchev–Trinajstić information content (AvgIpc) is 3.64. The fraction of sp³-hybridized carbons (Fsp3) is 0.321. The van der Waals surface area contributed by atoms with Crippen LogP contribution >= 0.6 is 11.6 Å². The minimum Gasteiger partial charge on any atom is -0.459 e. The first-order valence-electron chi connectivity index (χ1n) is 13.3. The van der Waals surface area contributed by atoms with Gasteiger partial charge in [-0.05, 0) is 48.7 Å². The van der Waals surface area contributed by atoms with E-state index in [1.54, 1.807) is 6.07 Å². The van der Waals surface area contributed by atoms with Gasteiger partial charge in [-0.2, -0.15) is 0 Å². The third kappa shape index (κ3) is 6.06. The molecular formula is C28H24ClFN6O8. The van der Waals surface area contributed by atoms with Gasteiger partial charge in [-0.15, -0.1) is 0 Å². The molecule has 2 aromatic carbocycles. The van der Waals surface area contributed by atoms with E-state index in [0.717, 1.165) is 19.0 Å². The second kappa shape index (κ2) is 12.7. The van der Waals surface area contributed by atoms with Crippen LogP contribution in [-0.2, 0) is 14.2 Å². The first-order valence-corrected chi connectivity index (χ1v) is 13.7. The van der Waals surface area contributed by atoms with Gasteiger partial charge in [0.25, 0.3) is 11.5 Å². The summed E-state index contributed by atoms with van der Waals surface area (Å²) in [5.41, 5.74) is 4.29. The molecule has 3 heterocycles. The maximum Gasteiger partial charge on any atom is 0.338 e. The number of ether oxygens (including phenoxy) is 3. The number of carbonyl (C=O) groups excluding carboxylic acids is 3. The van der Waals surface area contributed by atoms with Gasteiger partial charge in [0.1, 0.15) is 12.2 Å². The summed E-state index contributed by atoms with van der Waals surface area (Å²) < 4.78 is 33.4. The van der Waals surface area contributed by atoms with Crippen LogP contribution in [0.1, 0.15) is 50.1 Å². The Balaban J connectivity index is 1.53. The zero-order valence-electron chi connectivity index (χ0n) is 22.8. The van der Waals surface area contributed by atoms with Crippen molar-refractivity contribution in [3.05, 3.63) is 114 Å². The van der Waals surface area contributed by atoms with Crippen molar-refractivity contribution >= 4 is 29.4 Å². The molecule has 2 saturated heterocycles. The predicted octanol–water partition coefficient (Wildman–Crippen LogP) is 3.38. The van der Waals surface area contributed by atoms with Crippen molar-refractivity contribution < 1.29 is 33.0 Å². The summed E-state index contributed by atoms with van der Waals surface area (Å²) in [6, 6.07) is 13.2. The quantitative estimate of drug-likeness (QED) is 0.170. The molecular weight excluding hydrogens is 603 g/mol. The summed E-state index contributed by atoms with van der Waals surface area (Å²) in [5.74, 6) is -2.69. The van der Waals surface area contributed by atoms with Crippen LogP contribution in [0.15, 0.2) is 75.5 Å². The molecule has 1 aromatic heterocycles. The lowest BCUT2D eigenvalue weighted by Gasteiger charge is -2.28. The zero-order valence-corrected chi connectivity index (χ0v) is 23.6. The van der Waals surface area contributed by atoms with Crippen LogP contribution in [0.4, 0.5) is 4.39 Å². The van der Waals surface area contributed by atoms with Crippen LogP contribution in [0.2, 0.25) is 5.02 Å². The largest absolute Gasteiger partial charge is 0.459 e. The SMILES string of the molecule is [N-]=[N+]=N[C@]1(COC(=O)c2cccc(Cl)c2)O[C@@H](n2cc(C(=O)N3CCCC3)c(=O)[nH]c2=O)[C@@H](F)[C@@H]1OC(=O)c1ccccc1. The maximum absolute atomic E-state index is 16.4. The number of likely N-dealkylation sites (tertiary alicyclic amines) is 1. The number of aromatic amines is 1. The van der Waals surface area contributed by atoms with Crippen molar-refractivity contribution in [1.29, 1.82) is 0 Å². The second-order valence-corrected chi connectivity index (χ2v) is 10.4. The van der Waals surface area contributed by atoms with Gasteiger partial charge in [0.05, 0.1) is 11.1 Å². The maximum atomic E-state index is 16.4. The summed E-state index contributed by atoms with van der Waals surface area (Å²) in [4.78, 5) is 70.4. The number of halogens is 2. The van der Waals surface area contributed by atoms with Crippen LogP contribution in [0, 0.1) is 0 Å². The highest BCUT2D eigenvalue weighted by atomic mass is 35.5. The Kier molecular flexibility index (Phi) is 8.81. The molecule has 0 spiro atoms. The van der Waals surface area contributed by atoms with E-state index in [0.29, 0.717) is 17.7 Å². The molecule has 5 rings (SSSR count).